The van der Waals surface area contributed by atoms with Crippen molar-refractivity contribution >= 4 is 39.5 Å². The highest BCUT2D eigenvalue weighted by atomic mass is 31.2. The van der Waals surface area contributed by atoms with Gasteiger partial charge in [0.2, 0.25) is 0 Å². The Bertz CT molecular complexity index is 2030. The van der Waals surface area contributed by atoms with Gasteiger partial charge in [-0.3, -0.25) is 37.3 Å². The monoisotopic (exact) mass is 1520 g/mol. The highest BCUT2D eigenvalue weighted by Gasteiger charge is 2.31. The van der Waals surface area contributed by atoms with Gasteiger partial charge < -0.3 is 33.8 Å². The van der Waals surface area contributed by atoms with E-state index in [1.165, 1.54) is 238 Å². The van der Waals surface area contributed by atoms with Gasteiger partial charge in [0.15, 0.2) is 12.2 Å². The fourth-order valence-electron chi connectivity index (χ4n) is 13.0. The van der Waals surface area contributed by atoms with Gasteiger partial charge in [0, 0.05) is 25.7 Å². The summed E-state index contributed by atoms with van der Waals surface area (Å²) in [6, 6.07) is 0. The van der Waals surface area contributed by atoms with Crippen LogP contribution in [0.15, 0.2) is 0 Å². The van der Waals surface area contributed by atoms with Gasteiger partial charge in [0.25, 0.3) is 0 Å². The van der Waals surface area contributed by atoms with Crippen LogP contribution >= 0.6 is 15.6 Å². The number of esters is 4. The molecule has 3 N–H and O–H groups in total. The zero-order valence-corrected chi connectivity index (χ0v) is 70.5. The average molecular weight is 1520 g/mol. The predicted octanol–water partition coefficient (Wildman–Crippen LogP) is 25.6. The van der Waals surface area contributed by atoms with Crippen molar-refractivity contribution in [2.24, 2.45) is 23.7 Å². The number of carbonyl (C=O) groups is 4. The van der Waals surface area contributed by atoms with Gasteiger partial charge in [-0.05, 0) is 49.4 Å². The second-order valence-corrected chi connectivity index (χ2v) is 34.4. The molecule has 618 valence electrons. The number of aliphatic hydroxyl groups excluding tert-OH is 1. The molecular weight excluding hydrogens is 1350 g/mol. The minimum Gasteiger partial charge on any atom is -0.462 e. The van der Waals surface area contributed by atoms with Gasteiger partial charge in [0.1, 0.15) is 19.3 Å². The van der Waals surface area contributed by atoms with E-state index in [2.05, 4.69) is 55.4 Å². The zero-order valence-electron chi connectivity index (χ0n) is 68.7. The Kier molecular flexibility index (Phi) is 72.5. The molecular formula is C85H166O17P2. The summed E-state index contributed by atoms with van der Waals surface area (Å²) < 4.78 is 68.8. The first-order valence-electron chi connectivity index (χ1n) is 43.9. The lowest BCUT2D eigenvalue weighted by molar-refractivity contribution is -0.161. The van der Waals surface area contributed by atoms with Crippen LogP contribution in [0, 0.1) is 23.7 Å². The van der Waals surface area contributed by atoms with Crippen molar-refractivity contribution < 1.29 is 80.2 Å². The van der Waals surface area contributed by atoms with Gasteiger partial charge in [-0.1, -0.05) is 389 Å². The highest BCUT2D eigenvalue weighted by Crippen LogP contribution is 2.45. The fraction of sp³-hybridized carbons (Fsp3) is 0.953. The molecule has 9 atom stereocenters. The first-order chi connectivity index (χ1) is 50.2. The van der Waals surface area contributed by atoms with Crippen molar-refractivity contribution in [2.75, 3.05) is 39.6 Å². The van der Waals surface area contributed by atoms with Crippen LogP contribution in [0.4, 0.5) is 0 Å². The van der Waals surface area contributed by atoms with Crippen molar-refractivity contribution in [2.45, 2.75) is 459 Å². The molecule has 0 saturated carbocycles. The first kappa shape index (κ1) is 102. The standard InChI is InChI=1S/C85H166O17P2/c1-9-75(5)61-53-45-37-31-25-21-17-15-13-14-16-18-23-27-34-40-49-57-65-82(87)95-71-80(101-84(89)67-59-51-41-35-28-24-20-19-22-26-32-38-46-54-62-76(6)10-2)73-99-103(91,92)97-69-79(86)70-98-104(93,94)100-74-81(72-96-83(88)66-58-50-44-43-48-56-64-78(8)12-4)102-85(90)68-60-52-42-36-30-29-33-39-47-55-63-77(7)11-3/h75-81,86H,9-74H2,1-8H3,(H,91,92)(H,93,94)/t75?,76?,77?,78?,79-,80-,81-/m1/s1. The predicted molar refractivity (Wildman–Crippen MR) is 428 cm³/mol. The lowest BCUT2D eigenvalue weighted by atomic mass is 9.99. The van der Waals surface area contributed by atoms with E-state index >= 15 is 0 Å². The van der Waals surface area contributed by atoms with E-state index in [4.69, 9.17) is 37.0 Å². The number of carbonyl (C=O) groups excluding carboxylic acids is 4. The number of rotatable bonds is 82. The lowest BCUT2D eigenvalue weighted by Gasteiger charge is -2.21. The molecule has 6 unspecified atom stereocenters. The Hall–Kier alpha value is -1.94. The number of phosphoric ester groups is 2. The molecule has 0 fully saturated rings. The molecule has 17 nitrogen and oxygen atoms in total. The van der Waals surface area contributed by atoms with Gasteiger partial charge >= 0.3 is 39.5 Å². The number of unbranched alkanes of at least 4 members (excludes halogenated alkanes) is 44. The van der Waals surface area contributed by atoms with Gasteiger partial charge in [-0.25, -0.2) is 9.13 Å². The van der Waals surface area contributed by atoms with Gasteiger partial charge in [-0.15, -0.1) is 0 Å². The first-order valence-corrected chi connectivity index (χ1v) is 46.8. The van der Waals surface area contributed by atoms with Crippen molar-refractivity contribution in [1.82, 2.24) is 0 Å². The number of hydrogen-bond acceptors (Lipinski definition) is 15. The molecule has 0 aliphatic heterocycles. The summed E-state index contributed by atoms with van der Waals surface area (Å²) in [7, 11) is -9.93. The largest absolute Gasteiger partial charge is 0.472 e. The maximum atomic E-state index is 13.1. The van der Waals surface area contributed by atoms with Crippen LogP contribution in [-0.2, 0) is 65.4 Å². The van der Waals surface area contributed by atoms with E-state index in [-0.39, 0.29) is 25.7 Å². The molecule has 104 heavy (non-hydrogen) atoms. The second kappa shape index (κ2) is 73.8. The molecule has 0 saturated heterocycles. The van der Waals surface area contributed by atoms with Crippen LogP contribution in [0.5, 0.6) is 0 Å². The molecule has 0 spiro atoms. The zero-order chi connectivity index (χ0) is 76.7. The topological polar surface area (TPSA) is 237 Å². The molecule has 0 radical (unpaired) electrons. The SMILES string of the molecule is CCC(C)CCCCCCCCCCCCCCCCCCCCC(=O)OC[C@H](COP(=O)(O)OC[C@@H](O)COP(=O)(O)OC[C@@H](COC(=O)CCCCCCCCC(C)CC)OC(=O)CCCCCCCCCCCCC(C)CC)OC(=O)CCCCCCCCCCCCCCCCC(C)CC. The van der Waals surface area contributed by atoms with Crippen LogP contribution < -0.4 is 0 Å². The van der Waals surface area contributed by atoms with Crippen LogP contribution in [0.2, 0.25) is 0 Å². The summed E-state index contributed by atoms with van der Waals surface area (Å²) in [5.41, 5.74) is 0. The summed E-state index contributed by atoms with van der Waals surface area (Å²) in [5.74, 6) is 1.14. The third-order valence-corrected chi connectivity index (χ3v) is 23.2. The molecule has 0 heterocycles. The Morgan fingerprint density at radius 3 is 0.635 bits per heavy atom. The Balaban J connectivity index is 5.23. The summed E-state index contributed by atoms with van der Waals surface area (Å²) in [4.78, 5) is 73.2. The smallest absolute Gasteiger partial charge is 0.462 e. The van der Waals surface area contributed by atoms with Crippen molar-refractivity contribution in [3.63, 3.8) is 0 Å². The van der Waals surface area contributed by atoms with E-state index in [0.29, 0.717) is 25.7 Å². The molecule has 0 aromatic carbocycles. The normalized spacial score (nSPS) is 15.0. The summed E-state index contributed by atoms with van der Waals surface area (Å²) >= 11 is 0. The molecule has 0 aliphatic carbocycles. The average Bonchev–Trinajstić information content (AvgIpc) is 0.912. The molecule has 0 aromatic rings. The maximum absolute atomic E-state index is 13.1. The van der Waals surface area contributed by atoms with Crippen molar-refractivity contribution in [1.29, 1.82) is 0 Å². The molecule has 0 bridgehead atoms. The van der Waals surface area contributed by atoms with Crippen LogP contribution in [0.1, 0.15) is 441 Å². The Morgan fingerprint density at radius 1 is 0.260 bits per heavy atom. The molecule has 19 heteroatoms. The van der Waals surface area contributed by atoms with Crippen LogP contribution in [0.25, 0.3) is 0 Å². The maximum Gasteiger partial charge on any atom is 0.472 e. The van der Waals surface area contributed by atoms with E-state index in [1.54, 1.807) is 0 Å². The third kappa shape index (κ3) is 72.9. The molecule has 0 rings (SSSR count). The van der Waals surface area contributed by atoms with E-state index < -0.39 is 97.5 Å². The number of phosphoric acid groups is 2. The summed E-state index contributed by atoms with van der Waals surface area (Å²) in [5, 5.41) is 10.7. The third-order valence-electron chi connectivity index (χ3n) is 21.3. The van der Waals surface area contributed by atoms with Gasteiger partial charge in [0.05, 0.1) is 26.4 Å². The minimum atomic E-state index is -4.97. The van der Waals surface area contributed by atoms with E-state index in [1.807, 2.05) is 0 Å². The highest BCUT2D eigenvalue weighted by molar-refractivity contribution is 7.47. The molecule has 0 aliphatic rings. The van der Waals surface area contributed by atoms with Crippen LogP contribution in [0.3, 0.4) is 0 Å². The lowest BCUT2D eigenvalue weighted by Crippen LogP contribution is -2.30. The van der Waals surface area contributed by atoms with Crippen molar-refractivity contribution in [3.8, 4) is 0 Å². The number of aliphatic hydroxyl groups is 1. The quantitative estimate of drug-likeness (QED) is 0.0222. The number of ether oxygens (including phenoxy) is 4. The van der Waals surface area contributed by atoms with Gasteiger partial charge in [-0.2, -0.15) is 0 Å². The minimum absolute atomic E-state index is 0.105. The van der Waals surface area contributed by atoms with E-state index in [9.17, 15) is 43.2 Å². The second-order valence-electron chi connectivity index (χ2n) is 31.5. The summed E-state index contributed by atoms with van der Waals surface area (Å²) in [6.45, 7) is 14.4. The fourth-order valence-corrected chi connectivity index (χ4v) is 14.6. The number of hydrogen-bond donors (Lipinski definition) is 3. The Morgan fingerprint density at radius 2 is 0.433 bits per heavy atom. The van der Waals surface area contributed by atoms with Crippen molar-refractivity contribution in [3.05, 3.63) is 0 Å². The van der Waals surface area contributed by atoms with E-state index in [0.717, 1.165) is 120 Å². The Labute approximate surface area is 638 Å². The molecule has 0 aromatic heterocycles. The molecule has 0 amide bonds. The summed E-state index contributed by atoms with van der Waals surface area (Å²) in [6.07, 6.45) is 62.4. The van der Waals surface area contributed by atoms with Crippen LogP contribution in [-0.4, -0.2) is 96.7 Å².